The maximum atomic E-state index is 12.5. The van der Waals surface area contributed by atoms with Crippen LogP contribution in [0.25, 0.3) is 0 Å². The summed E-state index contributed by atoms with van der Waals surface area (Å²) in [4.78, 5) is 27.0. The quantitative estimate of drug-likeness (QED) is 0.190. The van der Waals surface area contributed by atoms with Crippen molar-refractivity contribution in [3.8, 4) is 0 Å². The van der Waals surface area contributed by atoms with Crippen molar-refractivity contribution in [3.05, 3.63) is 70.3 Å². The number of nitrogens with one attached hydrogen (secondary N) is 2. The second-order valence-electron chi connectivity index (χ2n) is 13.3. The number of amides is 2. The van der Waals surface area contributed by atoms with Gasteiger partial charge >= 0.3 is 0 Å². The molecule has 2 fully saturated rings. The van der Waals surface area contributed by atoms with E-state index < -0.39 is 41.3 Å². The van der Waals surface area contributed by atoms with Gasteiger partial charge < -0.3 is 45.4 Å². The van der Waals surface area contributed by atoms with E-state index in [4.69, 9.17) is 9.47 Å². The van der Waals surface area contributed by atoms with Crippen molar-refractivity contribution in [2.45, 2.75) is 94.7 Å². The molecule has 0 aromatic heterocycles. The van der Waals surface area contributed by atoms with Crippen LogP contribution in [0.2, 0.25) is 0 Å². The molecule has 11 nitrogen and oxygen atoms in total. The Bertz CT molecular complexity index is 1350. The Kier molecular flexibility index (Phi) is 10.8. The lowest BCUT2D eigenvalue weighted by molar-refractivity contribution is -0.336. The molecule has 248 valence electrons. The Balaban J connectivity index is 1.34. The normalized spacial score (nSPS) is 27.0. The molecule has 6 atom stereocenters. The molecular weight excluding hydrogens is 578 g/mol. The average molecular weight is 628 g/mol. The number of carbonyl (C=O) groups excluding carboxylic acids is 2. The van der Waals surface area contributed by atoms with Crippen LogP contribution in [0.5, 0.6) is 0 Å². The fourth-order valence-corrected chi connectivity index (χ4v) is 5.96. The molecular formula is C34H49N3O8. The Labute approximate surface area is 265 Å². The zero-order chi connectivity index (χ0) is 33.2. The van der Waals surface area contributed by atoms with Crippen molar-refractivity contribution in [2.24, 2.45) is 0 Å². The zero-order valence-corrected chi connectivity index (χ0v) is 27.2. The van der Waals surface area contributed by atoms with E-state index in [1.165, 1.54) is 6.92 Å². The van der Waals surface area contributed by atoms with Crippen molar-refractivity contribution >= 4 is 11.8 Å². The van der Waals surface area contributed by atoms with E-state index in [1.54, 1.807) is 19.9 Å². The molecule has 2 aliphatic heterocycles. The minimum absolute atomic E-state index is 0.166. The van der Waals surface area contributed by atoms with Gasteiger partial charge in [0.05, 0.1) is 12.7 Å². The summed E-state index contributed by atoms with van der Waals surface area (Å²) in [5.74, 6) is -2.10. The number of hydrogen-bond acceptors (Lipinski definition) is 9. The fourth-order valence-electron chi connectivity index (χ4n) is 5.96. The first-order valence-corrected chi connectivity index (χ1v) is 15.6. The minimum Gasteiger partial charge on any atom is -0.390 e. The topological polar surface area (TPSA) is 161 Å². The van der Waals surface area contributed by atoms with Crippen LogP contribution in [0.4, 0.5) is 0 Å². The van der Waals surface area contributed by atoms with Gasteiger partial charge in [0.2, 0.25) is 17.6 Å². The Morgan fingerprint density at radius 3 is 2.38 bits per heavy atom. The Hall–Kier alpha value is -2.90. The van der Waals surface area contributed by atoms with Gasteiger partial charge in [0.15, 0.2) is 0 Å². The third kappa shape index (κ3) is 7.41. The van der Waals surface area contributed by atoms with Gasteiger partial charge in [-0.1, -0.05) is 36.4 Å². The summed E-state index contributed by atoms with van der Waals surface area (Å²) in [5, 5.41) is 48.3. The van der Waals surface area contributed by atoms with E-state index in [0.29, 0.717) is 37.8 Å². The number of aryl methyl sites for hydroxylation is 2. The second kappa shape index (κ2) is 13.8. The highest BCUT2D eigenvalue weighted by Gasteiger charge is 2.68. The van der Waals surface area contributed by atoms with E-state index in [1.807, 2.05) is 62.3 Å². The van der Waals surface area contributed by atoms with Gasteiger partial charge in [0.1, 0.15) is 29.5 Å². The predicted octanol–water partition coefficient (Wildman–Crippen LogP) is 0.897. The molecule has 2 heterocycles. The Morgan fingerprint density at radius 1 is 1.07 bits per heavy atom. The van der Waals surface area contributed by atoms with Crippen LogP contribution in [-0.2, 0) is 37.7 Å². The highest BCUT2D eigenvalue weighted by Crippen LogP contribution is 2.51. The minimum atomic E-state index is -1.72. The number of carbonyl (C=O) groups is 2. The maximum absolute atomic E-state index is 12.5. The number of rotatable bonds is 13. The molecule has 2 aliphatic rings. The SMILES string of the molecule is Cc1ccc([C@]23OC[C@]([C@@H](C)O)(O2)[C@@H](O)[C@H](O)[C@H]3O)cc1Cc1ccc(CCCC(=O)NC(C)(C)C(=O)NCCN(C)C)cc1. The lowest BCUT2D eigenvalue weighted by Gasteiger charge is -2.47. The lowest BCUT2D eigenvalue weighted by Crippen LogP contribution is -2.67. The van der Waals surface area contributed by atoms with E-state index in [-0.39, 0.29) is 18.4 Å². The smallest absolute Gasteiger partial charge is 0.245 e. The zero-order valence-electron chi connectivity index (χ0n) is 27.2. The highest BCUT2D eigenvalue weighted by molar-refractivity contribution is 5.90. The van der Waals surface area contributed by atoms with Crippen LogP contribution in [0, 0.1) is 6.92 Å². The second-order valence-corrected chi connectivity index (χ2v) is 13.3. The highest BCUT2D eigenvalue weighted by atomic mass is 16.8. The Morgan fingerprint density at radius 2 is 1.73 bits per heavy atom. The predicted molar refractivity (Wildman–Crippen MR) is 168 cm³/mol. The van der Waals surface area contributed by atoms with Gasteiger partial charge in [-0.2, -0.15) is 0 Å². The number of aliphatic hydroxyl groups is 4. The van der Waals surface area contributed by atoms with Crippen molar-refractivity contribution in [3.63, 3.8) is 0 Å². The van der Waals surface area contributed by atoms with E-state index >= 15 is 0 Å². The monoisotopic (exact) mass is 627 g/mol. The van der Waals surface area contributed by atoms with Crippen molar-refractivity contribution in [2.75, 3.05) is 33.8 Å². The molecule has 2 aromatic carbocycles. The molecule has 2 saturated heterocycles. The summed E-state index contributed by atoms with van der Waals surface area (Å²) < 4.78 is 12.1. The van der Waals surface area contributed by atoms with Gasteiger partial charge in [0.25, 0.3) is 0 Å². The van der Waals surface area contributed by atoms with Crippen LogP contribution in [0.1, 0.15) is 61.4 Å². The lowest BCUT2D eigenvalue weighted by atomic mass is 9.80. The van der Waals surface area contributed by atoms with Gasteiger partial charge in [-0.3, -0.25) is 9.59 Å². The number of ether oxygens (including phenoxy) is 2. The molecule has 45 heavy (non-hydrogen) atoms. The molecule has 2 bridgehead atoms. The first kappa shape index (κ1) is 35.0. The molecule has 2 amide bonds. The number of hydrogen-bond donors (Lipinski definition) is 6. The van der Waals surface area contributed by atoms with E-state index in [0.717, 1.165) is 28.8 Å². The summed E-state index contributed by atoms with van der Waals surface area (Å²) in [6.45, 7) is 7.90. The van der Waals surface area contributed by atoms with E-state index in [9.17, 15) is 30.0 Å². The van der Waals surface area contributed by atoms with Crippen molar-refractivity contribution in [1.82, 2.24) is 15.5 Å². The van der Waals surface area contributed by atoms with Gasteiger partial charge in [-0.05, 0) is 89.4 Å². The van der Waals surface area contributed by atoms with Crippen LogP contribution in [0.15, 0.2) is 42.5 Å². The average Bonchev–Trinajstić information content (AvgIpc) is 3.37. The molecule has 0 spiro atoms. The largest absolute Gasteiger partial charge is 0.390 e. The first-order valence-electron chi connectivity index (χ1n) is 15.6. The number of aliphatic hydroxyl groups excluding tert-OH is 4. The van der Waals surface area contributed by atoms with Crippen LogP contribution in [-0.4, -0.2) is 106 Å². The third-order valence-corrected chi connectivity index (χ3v) is 9.00. The van der Waals surface area contributed by atoms with E-state index in [2.05, 4.69) is 10.6 Å². The number of benzene rings is 2. The molecule has 0 unspecified atom stereocenters. The van der Waals surface area contributed by atoms with Crippen molar-refractivity contribution < 1.29 is 39.5 Å². The van der Waals surface area contributed by atoms with Gasteiger partial charge in [0, 0.05) is 25.1 Å². The van der Waals surface area contributed by atoms with Crippen LogP contribution >= 0.6 is 0 Å². The van der Waals surface area contributed by atoms with Crippen LogP contribution in [0.3, 0.4) is 0 Å². The third-order valence-electron chi connectivity index (χ3n) is 9.00. The summed E-state index contributed by atoms with van der Waals surface area (Å²) >= 11 is 0. The molecule has 6 N–H and O–H groups in total. The maximum Gasteiger partial charge on any atom is 0.245 e. The first-order chi connectivity index (χ1) is 21.1. The molecule has 11 heteroatoms. The number of likely N-dealkylation sites (N-methyl/N-ethyl adjacent to an activating group) is 1. The summed E-state index contributed by atoms with van der Waals surface area (Å²) in [7, 11) is 3.86. The number of fused-ring (bicyclic) bond motifs is 2. The summed E-state index contributed by atoms with van der Waals surface area (Å²) in [6, 6.07) is 13.7. The standard InChI is InChI=1S/C34H49N3O8/c1-21-10-15-26(34-30(42)28(40)29(41)33(45-34,20-44-34)22(2)38)19-25(21)18-24-13-11-23(12-14-24)8-7-9-27(39)36-32(3,4)31(43)35-16-17-37(5)6/h10-15,19,22,28-30,38,40-42H,7-9,16-18,20H2,1-6H3,(H,35,43)(H,36,39)/t22-,28+,29+,30-,33-,34+/m1/s1. The summed E-state index contributed by atoms with van der Waals surface area (Å²) in [6.07, 6.45) is -3.54. The molecule has 0 radical (unpaired) electrons. The molecule has 2 aromatic rings. The van der Waals surface area contributed by atoms with Gasteiger partial charge in [-0.25, -0.2) is 0 Å². The van der Waals surface area contributed by atoms with Gasteiger partial charge in [-0.15, -0.1) is 0 Å². The fraction of sp³-hybridized carbons (Fsp3) is 0.588. The molecule has 0 aliphatic carbocycles. The number of nitrogens with zero attached hydrogens (tertiary/aromatic N) is 1. The van der Waals surface area contributed by atoms with Crippen LogP contribution < -0.4 is 10.6 Å². The van der Waals surface area contributed by atoms with Crippen molar-refractivity contribution in [1.29, 1.82) is 0 Å². The summed E-state index contributed by atoms with van der Waals surface area (Å²) in [5.41, 5.74) is 2.08. The molecule has 4 rings (SSSR count). The molecule has 0 saturated carbocycles.